The van der Waals surface area contributed by atoms with E-state index >= 15 is 0 Å². The van der Waals surface area contributed by atoms with Crippen LogP contribution in [0.25, 0.3) is 0 Å². The van der Waals surface area contributed by atoms with Gasteiger partial charge in [-0.15, -0.1) is 0 Å². The maximum absolute atomic E-state index is 2.79. The van der Waals surface area contributed by atoms with Gasteiger partial charge in [-0.25, -0.2) is 0 Å². The first-order valence-electron chi connectivity index (χ1n) is 16.1. The highest BCUT2D eigenvalue weighted by atomic mass is 31.1. The third-order valence-electron chi connectivity index (χ3n) is 9.55. The Morgan fingerprint density at radius 3 is 1.44 bits per heavy atom. The van der Waals surface area contributed by atoms with E-state index in [1.807, 2.05) is 0 Å². The molecule has 0 radical (unpaired) electrons. The van der Waals surface area contributed by atoms with Gasteiger partial charge < -0.3 is 0 Å². The van der Waals surface area contributed by atoms with Crippen LogP contribution in [0.15, 0.2) is 11.9 Å². The Morgan fingerprint density at radius 1 is 0.588 bits per heavy atom. The lowest BCUT2D eigenvalue weighted by Gasteiger charge is -2.47. The maximum Gasteiger partial charge on any atom is -0.0235 e. The van der Waals surface area contributed by atoms with Crippen LogP contribution in [-0.2, 0) is 0 Å². The largest absolute Gasteiger partial charge is 0.0836 e. The molecule has 0 spiro atoms. The summed E-state index contributed by atoms with van der Waals surface area (Å²) in [6.07, 6.45) is 39.6. The van der Waals surface area contributed by atoms with Crippen molar-refractivity contribution in [3.8, 4) is 0 Å². The van der Waals surface area contributed by atoms with Gasteiger partial charge in [-0.05, 0) is 74.5 Å². The van der Waals surface area contributed by atoms with Crippen molar-refractivity contribution >= 4 is 7.92 Å². The lowest BCUT2D eigenvalue weighted by atomic mass is 9.58. The Kier molecular flexibility index (Phi) is 17.3. The standard InChI is InChI=1S/C33H63P/c1-4-6-8-10-12-20-28-34(29-21-13-11-9-7-5-2)30-22-27-33(3,31-23-16-14-17-24-31)32-25-18-15-19-26-32/h22,30-32H,4-21,23-29H2,1-3H3. The van der Waals surface area contributed by atoms with Gasteiger partial charge >= 0.3 is 0 Å². The fraction of sp³-hybridized carbons (Fsp3) is 0.939. The first-order chi connectivity index (χ1) is 16.7. The molecule has 2 aliphatic rings. The average Bonchev–Trinajstić information content (AvgIpc) is 2.88. The molecular weight excluding hydrogens is 427 g/mol. The lowest BCUT2D eigenvalue weighted by Crippen LogP contribution is -2.37. The van der Waals surface area contributed by atoms with E-state index in [1.165, 1.54) is 160 Å². The van der Waals surface area contributed by atoms with Crippen LogP contribution in [-0.4, -0.2) is 12.3 Å². The Labute approximate surface area is 217 Å². The molecule has 0 aromatic carbocycles. The van der Waals surface area contributed by atoms with E-state index in [0.717, 1.165) is 11.8 Å². The summed E-state index contributed by atoms with van der Waals surface area (Å²) < 4.78 is 0. The van der Waals surface area contributed by atoms with Crippen LogP contribution in [0.1, 0.15) is 168 Å². The van der Waals surface area contributed by atoms with Crippen LogP contribution in [0.4, 0.5) is 0 Å². The second kappa shape index (κ2) is 19.3. The molecule has 0 saturated heterocycles. The van der Waals surface area contributed by atoms with Gasteiger partial charge in [-0.1, -0.05) is 143 Å². The molecule has 2 rings (SSSR count). The third-order valence-corrected chi connectivity index (χ3v) is 12.0. The van der Waals surface area contributed by atoms with Crippen LogP contribution < -0.4 is 0 Å². The second-order valence-electron chi connectivity index (χ2n) is 12.3. The van der Waals surface area contributed by atoms with Crippen LogP contribution in [0.3, 0.4) is 0 Å². The van der Waals surface area contributed by atoms with Crippen molar-refractivity contribution in [1.82, 2.24) is 0 Å². The minimum absolute atomic E-state index is 0.122. The summed E-state index contributed by atoms with van der Waals surface area (Å²) in [4.78, 5) is 0. The first kappa shape index (κ1) is 30.4. The van der Waals surface area contributed by atoms with E-state index in [4.69, 9.17) is 0 Å². The van der Waals surface area contributed by atoms with Gasteiger partial charge in [0.2, 0.25) is 0 Å². The van der Waals surface area contributed by atoms with Crippen LogP contribution >= 0.6 is 7.92 Å². The SMILES string of the molecule is CCCCCCCCP(C=CCC(C)(C1CCCCC1)C1CCCCC1)CCCCCCCC. The smallest absolute Gasteiger partial charge is 0.0235 e. The fourth-order valence-electron chi connectivity index (χ4n) is 7.10. The van der Waals surface area contributed by atoms with Gasteiger partial charge in [-0.3, -0.25) is 0 Å². The molecule has 0 nitrogen and oxygen atoms in total. The summed E-state index contributed by atoms with van der Waals surface area (Å²) in [5.41, 5.74) is 0.582. The van der Waals surface area contributed by atoms with Gasteiger partial charge in [0, 0.05) is 0 Å². The predicted octanol–water partition coefficient (Wildman–Crippen LogP) is 12.3. The zero-order valence-electron chi connectivity index (χ0n) is 23.9. The monoisotopic (exact) mass is 490 g/mol. The molecular formula is C33H63P. The van der Waals surface area contributed by atoms with Crippen LogP contribution in [0, 0.1) is 17.3 Å². The topological polar surface area (TPSA) is 0 Å². The molecule has 0 aromatic heterocycles. The molecule has 1 heteroatoms. The van der Waals surface area contributed by atoms with E-state index in [0.29, 0.717) is 5.41 Å². The van der Waals surface area contributed by atoms with E-state index in [-0.39, 0.29) is 7.92 Å². The van der Waals surface area contributed by atoms with Crippen molar-refractivity contribution in [1.29, 1.82) is 0 Å². The van der Waals surface area contributed by atoms with Gasteiger partial charge in [0.1, 0.15) is 0 Å². The maximum atomic E-state index is 2.79. The minimum Gasteiger partial charge on any atom is -0.0836 e. The van der Waals surface area contributed by atoms with Crippen molar-refractivity contribution in [3.05, 3.63) is 11.9 Å². The van der Waals surface area contributed by atoms with Gasteiger partial charge in [0.05, 0.1) is 0 Å². The lowest BCUT2D eigenvalue weighted by molar-refractivity contribution is 0.0428. The molecule has 2 saturated carbocycles. The Bertz CT molecular complexity index is 449. The third kappa shape index (κ3) is 11.9. The molecule has 200 valence electrons. The zero-order valence-corrected chi connectivity index (χ0v) is 24.8. The summed E-state index contributed by atoms with van der Waals surface area (Å²) in [6, 6.07) is 0. The van der Waals surface area contributed by atoms with E-state index in [2.05, 4.69) is 32.7 Å². The zero-order chi connectivity index (χ0) is 24.3. The van der Waals surface area contributed by atoms with Gasteiger partial charge in [0.25, 0.3) is 0 Å². The van der Waals surface area contributed by atoms with Crippen LogP contribution in [0.5, 0.6) is 0 Å². The minimum atomic E-state index is 0.122. The average molecular weight is 491 g/mol. The Hall–Kier alpha value is 0.170. The van der Waals surface area contributed by atoms with Gasteiger partial charge in [-0.2, -0.15) is 0 Å². The highest BCUT2D eigenvalue weighted by molar-refractivity contribution is 7.60. The number of hydrogen-bond donors (Lipinski definition) is 0. The van der Waals surface area contributed by atoms with Crippen molar-refractivity contribution in [3.63, 3.8) is 0 Å². The van der Waals surface area contributed by atoms with Crippen molar-refractivity contribution in [2.75, 3.05) is 12.3 Å². The molecule has 0 bridgehead atoms. The quantitative estimate of drug-likeness (QED) is 0.125. The predicted molar refractivity (Wildman–Crippen MR) is 158 cm³/mol. The fourth-order valence-corrected chi connectivity index (χ4v) is 9.28. The van der Waals surface area contributed by atoms with Crippen molar-refractivity contribution in [2.24, 2.45) is 17.3 Å². The second-order valence-corrected chi connectivity index (χ2v) is 14.7. The molecule has 2 fully saturated rings. The molecule has 2 aliphatic carbocycles. The molecule has 0 unspecified atom stereocenters. The molecule has 0 heterocycles. The summed E-state index contributed by atoms with van der Waals surface area (Å²) in [5, 5.41) is 0. The molecule has 0 aromatic rings. The Morgan fingerprint density at radius 2 is 1.00 bits per heavy atom. The number of hydrogen-bond acceptors (Lipinski definition) is 0. The molecule has 0 aliphatic heterocycles. The normalized spacial score (nSPS) is 18.9. The van der Waals surface area contributed by atoms with E-state index < -0.39 is 0 Å². The number of unbranched alkanes of at least 4 members (excludes halogenated alkanes) is 10. The van der Waals surface area contributed by atoms with Gasteiger partial charge in [0.15, 0.2) is 0 Å². The first-order valence-corrected chi connectivity index (χ1v) is 17.9. The number of rotatable bonds is 19. The summed E-state index contributed by atoms with van der Waals surface area (Å²) in [5.74, 6) is 4.78. The molecule has 0 amide bonds. The van der Waals surface area contributed by atoms with Crippen LogP contribution in [0.2, 0.25) is 0 Å². The van der Waals surface area contributed by atoms with Crippen molar-refractivity contribution < 1.29 is 0 Å². The van der Waals surface area contributed by atoms with E-state index in [9.17, 15) is 0 Å². The molecule has 0 atom stereocenters. The summed E-state index contributed by atoms with van der Waals surface area (Å²) >= 11 is 0. The highest BCUT2D eigenvalue weighted by Gasteiger charge is 2.40. The van der Waals surface area contributed by atoms with E-state index in [1.54, 1.807) is 0 Å². The number of allylic oxidation sites excluding steroid dienone is 1. The summed E-state index contributed by atoms with van der Waals surface area (Å²) in [7, 11) is 0.122. The van der Waals surface area contributed by atoms with Crippen molar-refractivity contribution in [2.45, 2.75) is 168 Å². The molecule has 0 N–H and O–H groups in total. The molecule has 34 heavy (non-hydrogen) atoms. The highest BCUT2D eigenvalue weighted by Crippen LogP contribution is 2.51. The Balaban J connectivity index is 1.90. The summed E-state index contributed by atoms with van der Waals surface area (Å²) in [6.45, 7) is 7.39.